The first-order chi connectivity index (χ1) is 13.5. The second kappa shape index (κ2) is 7.47. The molecule has 0 bridgehead atoms. The maximum absolute atomic E-state index is 12.7. The van der Waals surface area contributed by atoms with E-state index in [0.29, 0.717) is 46.7 Å². The molecule has 0 atom stereocenters. The molecule has 0 spiro atoms. The molecule has 8 nitrogen and oxygen atoms in total. The van der Waals surface area contributed by atoms with E-state index in [1.807, 2.05) is 0 Å². The standard InChI is InChI=1S/C19H18ClN3O5/c1-26-15-4-2-12(20)8-14(15)21-18(24)10-22-6-7-23(19(22)25)13-3-5-16-17(9-13)28-11-27-16/h2-5,8-9H,6-7,10-11H2,1H3,(H,21,24). The summed E-state index contributed by atoms with van der Waals surface area (Å²) in [6, 6.07) is 10.0. The third-order valence-electron chi connectivity index (χ3n) is 4.53. The van der Waals surface area contributed by atoms with Crippen molar-refractivity contribution in [3.05, 3.63) is 41.4 Å². The predicted octanol–water partition coefficient (Wildman–Crippen LogP) is 2.96. The van der Waals surface area contributed by atoms with Gasteiger partial charge in [0.2, 0.25) is 12.7 Å². The zero-order chi connectivity index (χ0) is 19.7. The fraction of sp³-hybridized carbons (Fsp3) is 0.263. The van der Waals surface area contributed by atoms with E-state index in [9.17, 15) is 9.59 Å². The zero-order valence-corrected chi connectivity index (χ0v) is 15.9. The van der Waals surface area contributed by atoms with Crippen molar-refractivity contribution in [3.8, 4) is 17.2 Å². The summed E-state index contributed by atoms with van der Waals surface area (Å²) in [6.45, 7) is 1.02. The van der Waals surface area contributed by atoms with Gasteiger partial charge in [-0.2, -0.15) is 0 Å². The van der Waals surface area contributed by atoms with E-state index in [2.05, 4.69) is 5.32 Å². The summed E-state index contributed by atoms with van der Waals surface area (Å²) >= 11 is 5.98. The summed E-state index contributed by atoms with van der Waals surface area (Å²) in [5.41, 5.74) is 1.16. The fourth-order valence-electron chi connectivity index (χ4n) is 3.16. The molecule has 2 aliphatic rings. The number of nitrogens with zero attached hydrogens (tertiary/aromatic N) is 2. The molecule has 1 fully saturated rings. The van der Waals surface area contributed by atoms with Gasteiger partial charge < -0.3 is 24.4 Å². The molecule has 2 aromatic rings. The van der Waals surface area contributed by atoms with E-state index in [0.717, 1.165) is 0 Å². The third kappa shape index (κ3) is 3.50. The van der Waals surface area contributed by atoms with Crippen molar-refractivity contribution in [2.75, 3.05) is 43.8 Å². The number of nitrogens with one attached hydrogen (secondary N) is 1. The van der Waals surface area contributed by atoms with Crippen LogP contribution in [0.5, 0.6) is 17.2 Å². The number of halogens is 1. The van der Waals surface area contributed by atoms with Crippen LogP contribution in [0.3, 0.4) is 0 Å². The molecule has 0 aromatic heterocycles. The number of urea groups is 1. The third-order valence-corrected chi connectivity index (χ3v) is 4.77. The first-order valence-electron chi connectivity index (χ1n) is 8.64. The average Bonchev–Trinajstić information content (AvgIpc) is 3.28. The number of carbonyl (C=O) groups excluding carboxylic acids is 2. The molecular formula is C19H18ClN3O5. The number of fused-ring (bicyclic) bond motifs is 1. The van der Waals surface area contributed by atoms with Crippen LogP contribution in [0.15, 0.2) is 36.4 Å². The van der Waals surface area contributed by atoms with Gasteiger partial charge in [0, 0.05) is 29.9 Å². The number of amides is 3. The molecular weight excluding hydrogens is 386 g/mol. The maximum atomic E-state index is 12.7. The Balaban J connectivity index is 1.42. The SMILES string of the molecule is COc1ccc(Cl)cc1NC(=O)CN1CCN(c2ccc3c(c2)OCO3)C1=O. The van der Waals surface area contributed by atoms with Crippen molar-refractivity contribution >= 4 is 34.9 Å². The molecule has 1 N–H and O–H groups in total. The van der Waals surface area contributed by atoms with Gasteiger partial charge in [0.1, 0.15) is 12.3 Å². The minimum absolute atomic E-state index is 0.0739. The van der Waals surface area contributed by atoms with Crippen molar-refractivity contribution in [2.45, 2.75) is 0 Å². The largest absolute Gasteiger partial charge is 0.495 e. The Kier molecular flexibility index (Phi) is 4.87. The quantitative estimate of drug-likeness (QED) is 0.830. The highest BCUT2D eigenvalue weighted by Crippen LogP contribution is 2.36. The molecule has 4 rings (SSSR count). The van der Waals surface area contributed by atoms with Crippen LogP contribution in [0, 0.1) is 0 Å². The minimum atomic E-state index is -0.332. The Morgan fingerprint density at radius 2 is 2.00 bits per heavy atom. The first-order valence-corrected chi connectivity index (χ1v) is 9.02. The van der Waals surface area contributed by atoms with Crippen LogP contribution >= 0.6 is 11.6 Å². The topological polar surface area (TPSA) is 80.3 Å². The fourth-order valence-corrected chi connectivity index (χ4v) is 3.34. The lowest BCUT2D eigenvalue weighted by atomic mass is 10.2. The zero-order valence-electron chi connectivity index (χ0n) is 15.1. The van der Waals surface area contributed by atoms with Gasteiger partial charge in [-0.05, 0) is 30.3 Å². The maximum Gasteiger partial charge on any atom is 0.325 e. The molecule has 3 amide bonds. The molecule has 0 unspecified atom stereocenters. The lowest BCUT2D eigenvalue weighted by Gasteiger charge is -2.19. The number of methoxy groups -OCH3 is 1. The molecule has 1 saturated heterocycles. The van der Waals surface area contributed by atoms with Crippen molar-refractivity contribution in [2.24, 2.45) is 0 Å². The van der Waals surface area contributed by atoms with Gasteiger partial charge in [0.15, 0.2) is 11.5 Å². The summed E-state index contributed by atoms with van der Waals surface area (Å²) in [4.78, 5) is 28.2. The van der Waals surface area contributed by atoms with Crippen molar-refractivity contribution < 1.29 is 23.8 Å². The Morgan fingerprint density at radius 3 is 2.82 bits per heavy atom. The van der Waals surface area contributed by atoms with Gasteiger partial charge in [0.25, 0.3) is 0 Å². The number of ether oxygens (including phenoxy) is 3. The van der Waals surface area contributed by atoms with Gasteiger partial charge in [0.05, 0.1) is 12.8 Å². The lowest BCUT2D eigenvalue weighted by Crippen LogP contribution is -2.37. The summed E-state index contributed by atoms with van der Waals surface area (Å²) in [7, 11) is 1.51. The van der Waals surface area contributed by atoms with Gasteiger partial charge in [-0.25, -0.2) is 4.79 Å². The second-order valence-corrected chi connectivity index (χ2v) is 6.72. The van der Waals surface area contributed by atoms with E-state index < -0.39 is 0 Å². The molecule has 0 aliphatic carbocycles. The van der Waals surface area contributed by atoms with Crippen molar-refractivity contribution in [3.63, 3.8) is 0 Å². The van der Waals surface area contributed by atoms with Crippen LogP contribution in [0.4, 0.5) is 16.2 Å². The molecule has 9 heteroatoms. The van der Waals surface area contributed by atoms with Crippen molar-refractivity contribution in [1.82, 2.24) is 4.90 Å². The number of hydrogen-bond acceptors (Lipinski definition) is 5. The smallest absolute Gasteiger partial charge is 0.325 e. The number of hydrogen-bond donors (Lipinski definition) is 1. The minimum Gasteiger partial charge on any atom is -0.495 e. The molecule has 28 heavy (non-hydrogen) atoms. The van der Waals surface area contributed by atoms with E-state index in [1.54, 1.807) is 41.3 Å². The number of benzene rings is 2. The average molecular weight is 404 g/mol. The van der Waals surface area contributed by atoms with Crippen LogP contribution in [0.25, 0.3) is 0 Å². The van der Waals surface area contributed by atoms with Crippen LogP contribution in [0.1, 0.15) is 0 Å². The van der Waals surface area contributed by atoms with Crippen LogP contribution in [-0.2, 0) is 4.79 Å². The summed E-state index contributed by atoms with van der Waals surface area (Å²) < 4.78 is 15.9. The van der Waals surface area contributed by atoms with E-state index in [1.165, 1.54) is 12.0 Å². The normalized spacial score (nSPS) is 15.1. The molecule has 2 aromatic carbocycles. The number of anilines is 2. The molecule has 0 radical (unpaired) electrons. The van der Waals surface area contributed by atoms with Gasteiger partial charge in [-0.3, -0.25) is 9.69 Å². The summed E-state index contributed by atoms with van der Waals surface area (Å²) in [5, 5.41) is 3.22. The number of rotatable bonds is 5. The molecule has 2 heterocycles. The highest BCUT2D eigenvalue weighted by Gasteiger charge is 2.32. The predicted molar refractivity (Wildman–Crippen MR) is 104 cm³/mol. The van der Waals surface area contributed by atoms with Crippen LogP contribution in [-0.4, -0.2) is 50.4 Å². The second-order valence-electron chi connectivity index (χ2n) is 6.29. The Morgan fingerprint density at radius 1 is 1.18 bits per heavy atom. The Hall–Kier alpha value is -3.13. The molecule has 146 valence electrons. The Labute approximate surface area is 166 Å². The van der Waals surface area contributed by atoms with Crippen LogP contribution in [0.2, 0.25) is 5.02 Å². The highest BCUT2D eigenvalue weighted by molar-refractivity contribution is 6.31. The molecule has 0 saturated carbocycles. The Bertz CT molecular complexity index is 936. The first kappa shape index (κ1) is 18.2. The van der Waals surface area contributed by atoms with E-state index >= 15 is 0 Å². The monoisotopic (exact) mass is 403 g/mol. The van der Waals surface area contributed by atoms with Gasteiger partial charge >= 0.3 is 6.03 Å². The van der Waals surface area contributed by atoms with Gasteiger partial charge in [-0.1, -0.05) is 11.6 Å². The summed E-state index contributed by atoms with van der Waals surface area (Å²) in [6.07, 6.45) is 0. The van der Waals surface area contributed by atoms with Gasteiger partial charge in [-0.15, -0.1) is 0 Å². The van der Waals surface area contributed by atoms with Crippen LogP contribution < -0.4 is 24.4 Å². The lowest BCUT2D eigenvalue weighted by molar-refractivity contribution is -0.116. The van der Waals surface area contributed by atoms with E-state index in [-0.39, 0.29) is 25.3 Å². The van der Waals surface area contributed by atoms with Crippen molar-refractivity contribution in [1.29, 1.82) is 0 Å². The molecule has 2 aliphatic heterocycles. The highest BCUT2D eigenvalue weighted by atomic mass is 35.5. The van der Waals surface area contributed by atoms with E-state index in [4.69, 9.17) is 25.8 Å². The summed E-state index contributed by atoms with van der Waals surface area (Å²) in [5.74, 6) is 1.42. The number of carbonyl (C=O) groups is 2.